The molecule has 0 fully saturated rings. The van der Waals surface area contributed by atoms with Crippen LogP contribution in [-0.4, -0.2) is 19.5 Å². The van der Waals surface area contributed by atoms with Crippen molar-refractivity contribution in [2.45, 2.75) is 25.7 Å². The summed E-state index contributed by atoms with van der Waals surface area (Å²) >= 11 is 0. The number of benzene rings is 9. The molecule has 310 valence electrons. The second-order valence-electron chi connectivity index (χ2n) is 17.9. The van der Waals surface area contributed by atoms with Crippen molar-refractivity contribution < 1.29 is 4.42 Å². The van der Waals surface area contributed by atoms with E-state index in [2.05, 4.69) is 152 Å². The van der Waals surface area contributed by atoms with E-state index in [4.69, 9.17) is 19.4 Å². The minimum Gasteiger partial charge on any atom is -0.455 e. The normalized spacial score (nSPS) is 14.8. The van der Waals surface area contributed by atoms with E-state index in [1.807, 2.05) is 60.7 Å². The highest BCUT2D eigenvalue weighted by Crippen LogP contribution is 2.53. The Kier molecular flexibility index (Phi) is 7.88. The molecule has 5 heterocycles. The maximum absolute atomic E-state index is 7.05. The molecule has 2 unspecified atom stereocenters. The topological polar surface area (TPSA) is 56.7 Å². The van der Waals surface area contributed by atoms with Crippen molar-refractivity contribution in [2.75, 3.05) is 0 Å². The smallest absolute Gasteiger partial charge is 0.164 e. The van der Waals surface area contributed by atoms with Crippen molar-refractivity contribution in [1.82, 2.24) is 19.5 Å². The molecule has 12 aromatic rings. The molecular weight excluding hydrogens is 805 g/mol. The Hall–Kier alpha value is -8.41. The summed E-state index contributed by atoms with van der Waals surface area (Å²) in [6.45, 7) is 4.75. The van der Waals surface area contributed by atoms with Crippen LogP contribution in [0.2, 0.25) is 0 Å². The Balaban J connectivity index is 0.884. The first-order chi connectivity index (χ1) is 32.6. The number of para-hydroxylation sites is 4. The molecule has 66 heavy (non-hydrogen) atoms. The van der Waals surface area contributed by atoms with Crippen LogP contribution < -0.4 is 0 Å². The van der Waals surface area contributed by atoms with E-state index in [0.29, 0.717) is 23.4 Å². The third-order valence-electron chi connectivity index (χ3n) is 14.3. The third kappa shape index (κ3) is 5.37. The minimum absolute atomic E-state index is 0.270. The number of furan rings is 1. The molecule has 5 nitrogen and oxygen atoms in total. The molecule has 0 saturated heterocycles. The summed E-state index contributed by atoms with van der Waals surface area (Å²) in [4.78, 5) is 15.0. The number of fused-ring (bicyclic) bond motifs is 4. The van der Waals surface area contributed by atoms with Crippen LogP contribution in [0.4, 0.5) is 0 Å². The molecule has 0 spiro atoms. The molecule has 0 amide bonds. The van der Waals surface area contributed by atoms with Gasteiger partial charge in [0.1, 0.15) is 11.2 Å². The van der Waals surface area contributed by atoms with Crippen LogP contribution in [-0.2, 0) is 0 Å². The number of nitrogens with zero attached hydrogens (tertiary/aromatic N) is 4. The molecular formula is C61H40N4O. The van der Waals surface area contributed by atoms with Gasteiger partial charge in [-0.25, -0.2) is 15.0 Å². The minimum atomic E-state index is 0.270. The fraction of sp³-hybridized carbons (Fsp3) is 0.0656. The van der Waals surface area contributed by atoms with Crippen LogP contribution in [0.15, 0.2) is 199 Å². The highest BCUT2D eigenvalue weighted by atomic mass is 16.3. The monoisotopic (exact) mass is 844 g/mol. The van der Waals surface area contributed by atoms with Crippen molar-refractivity contribution in [3.05, 3.63) is 216 Å². The first-order valence-electron chi connectivity index (χ1n) is 22.8. The lowest BCUT2D eigenvalue weighted by atomic mass is 9.80. The van der Waals surface area contributed by atoms with Crippen LogP contribution in [0.3, 0.4) is 0 Å². The van der Waals surface area contributed by atoms with E-state index in [1.165, 1.54) is 60.9 Å². The van der Waals surface area contributed by atoms with Crippen LogP contribution >= 0.6 is 0 Å². The zero-order valence-electron chi connectivity index (χ0n) is 36.3. The lowest BCUT2D eigenvalue weighted by Crippen LogP contribution is -2.19. The van der Waals surface area contributed by atoms with Crippen molar-refractivity contribution in [1.29, 1.82) is 0 Å². The lowest BCUT2D eigenvalue weighted by Gasteiger charge is -2.33. The molecule has 0 bridgehead atoms. The van der Waals surface area contributed by atoms with Crippen molar-refractivity contribution in [3.63, 3.8) is 0 Å². The van der Waals surface area contributed by atoms with Crippen molar-refractivity contribution in [2.24, 2.45) is 0 Å². The summed E-state index contributed by atoms with van der Waals surface area (Å²) in [5, 5.41) is 4.82. The Bertz CT molecular complexity index is 3920. The summed E-state index contributed by atoms with van der Waals surface area (Å²) in [6, 6.07) is 69.3. The maximum atomic E-state index is 7.05. The zero-order chi connectivity index (χ0) is 43.6. The average Bonchev–Trinajstić information content (AvgIpc) is 3.94. The molecule has 9 aromatic carbocycles. The Morgan fingerprint density at radius 3 is 1.44 bits per heavy atom. The Morgan fingerprint density at radius 2 is 0.803 bits per heavy atom. The van der Waals surface area contributed by atoms with E-state index in [1.54, 1.807) is 0 Å². The van der Waals surface area contributed by atoms with Crippen LogP contribution in [0.25, 0.3) is 117 Å². The number of rotatable bonds is 6. The van der Waals surface area contributed by atoms with Crippen molar-refractivity contribution in [3.8, 4) is 73.2 Å². The highest BCUT2D eigenvalue weighted by molar-refractivity contribution is 6.15. The van der Waals surface area contributed by atoms with Gasteiger partial charge in [0.25, 0.3) is 0 Å². The fourth-order valence-corrected chi connectivity index (χ4v) is 11.1. The van der Waals surface area contributed by atoms with Crippen LogP contribution in [0, 0.1) is 0 Å². The standard InChI is InChI=1S/C61H40N4O/c1-35-44-23-11-24-46-36(2)52-33-43(34-53-49-28-12-25-45(35)55(49)65(54(44)46)56(52)53)39-19-9-20-40(31-39)47-26-13-29-50-51-30-14-27-48(58(51)66-57(47)50)41-21-10-22-42(32-41)61-63-59(37-15-5-3-6-16-37)62-60(64-61)38-17-7-4-8-18-38/h3-36H,1-2H3. The van der Waals surface area contributed by atoms with E-state index in [-0.39, 0.29) is 5.92 Å². The van der Waals surface area contributed by atoms with Gasteiger partial charge >= 0.3 is 0 Å². The molecule has 2 atom stereocenters. The van der Waals surface area contributed by atoms with Crippen molar-refractivity contribution >= 4 is 43.7 Å². The quantitative estimate of drug-likeness (QED) is 0.167. The predicted molar refractivity (Wildman–Crippen MR) is 269 cm³/mol. The number of aromatic nitrogens is 4. The van der Waals surface area contributed by atoms with E-state index >= 15 is 0 Å². The average molecular weight is 845 g/mol. The Morgan fingerprint density at radius 1 is 0.348 bits per heavy atom. The molecule has 0 aliphatic carbocycles. The number of hydrogen-bond donors (Lipinski definition) is 0. The number of hydrogen-bond acceptors (Lipinski definition) is 4. The molecule has 0 N–H and O–H groups in total. The van der Waals surface area contributed by atoms with E-state index < -0.39 is 0 Å². The molecule has 3 aromatic heterocycles. The third-order valence-corrected chi connectivity index (χ3v) is 14.3. The molecule has 14 rings (SSSR count). The van der Waals surface area contributed by atoms with Gasteiger partial charge in [0.15, 0.2) is 17.5 Å². The second-order valence-corrected chi connectivity index (χ2v) is 17.9. The van der Waals surface area contributed by atoms with Gasteiger partial charge in [-0.15, -0.1) is 0 Å². The maximum Gasteiger partial charge on any atom is 0.164 e. The largest absolute Gasteiger partial charge is 0.455 e. The Labute approximate surface area is 381 Å². The predicted octanol–water partition coefficient (Wildman–Crippen LogP) is 15.8. The SMILES string of the molecule is CC1c2cccc3c2-n2c4c1cccc4c1cc(-c4cccc(-c5cccc6c5oc5c(-c7cccc(-c8nc(-c9ccccc9)nc(-c9ccccc9)n8)c7)cccc56)c4)cc(c12)C3C. The second kappa shape index (κ2) is 14.0. The van der Waals surface area contributed by atoms with Gasteiger partial charge in [-0.1, -0.05) is 184 Å². The van der Waals surface area contributed by atoms with E-state index in [9.17, 15) is 0 Å². The molecule has 2 aliphatic heterocycles. The van der Waals surface area contributed by atoms with Gasteiger partial charge in [-0.2, -0.15) is 0 Å². The van der Waals surface area contributed by atoms with Gasteiger partial charge in [0, 0.05) is 61.2 Å². The zero-order valence-corrected chi connectivity index (χ0v) is 36.3. The molecule has 0 radical (unpaired) electrons. The van der Waals surface area contributed by atoms with Gasteiger partial charge in [-0.3, -0.25) is 0 Å². The highest BCUT2D eigenvalue weighted by Gasteiger charge is 2.35. The fourth-order valence-electron chi connectivity index (χ4n) is 11.1. The van der Waals surface area contributed by atoms with Gasteiger partial charge in [-0.05, 0) is 68.8 Å². The van der Waals surface area contributed by atoms with Crippen LogP contribution in [0.1, 0.15) is 47.9 Å². The lowest BCUT2D eigenvalue weighted by molar-refractivity contribution is 0.671. The molecule has 2 aliphatic rings. The van der Waals surface area contributed by atoms with Crippen LogP contribution in [0.5, 0.6) is 0 Å². The van der Waals surface area contributed by atoms with Gasteiger partial charge in [0.05, 0.1) is 16.7 Å². The summed E-state index contributed by atoms with van der Waals surface area (Å²) < 4.78 is 9.64. The summed E-state index contributed by atoms with van der Waals surface area (Å²) in [6.07, 6.45) is 0. The summed E-state index contributed by atoms with van der Waals surface area (Å²) in [5.41, 5.74) is 20.9. The summed E-state index contributed by atoms with van der Waals surface area (Å²) in [5.74, 6) is 2.50. The molecule has 5 heteroatoms. The van der Waals surface area contributed by atoms with E-state index in [0.717, 1.165) is 60.9 Å². The summed E-state index contributed by atoms with van der Waals surface area (Å²) in [7, 11) is 0. The first-order valence-corrected chi connectivity index (χ1v) is 22.8. The van der Waals surface area contributed by atoms with Gasteiger partial charge in [0.2, 0.25) is 0 Å². The molecule has 0 saturated carbocycles. The first kappa shape index (κ1) is 37.0. The van der Waals surface area contributed by atoms with Gasteiger partial charge < -0.3 is 8.98 Å².